The first-order valence-electron chi connectivity index (χ1n) is 13.9. The molecule has 0 radical (unpaired) electrons. The van der Waals surface area contributed by atoms with Crippen molar-refractivity contribution in [1.82, 2.24) is 20.2 Å². The average molecular weight is 594 g/mol. The predicted octanol–water partition coefficient (Wildman–Crippen LogP) is 4.89. The highest BCUT2D eigenvalue weighted by Crippen LogP contribution is 2.50. The summed E-state index contributed by atoms with van der Waals surface area (Å²) in [6, 6.07) is 1.60. The third kappa shape index (κ3) is 6.25. The Morgan fingerprint density at radius 1 is 1.19 bits per heavy atom. The van der Waals surface area contributed by atoms with E-state index < -0.39 is 59.4 Å². The van der Waals surface area contributed by atoms with E-state index >= 15 is 0 Å². The van der Waals surface area contributed by atoms with Crippen LogP contribution in [0.1, 0.15) is 63.8 Å². The van der Waals surface area contributed by atoms with Crippen LogP contribution in [-0.4, -0.2) is 70.4 Å². The molecular weight excluding hydrogens is 555 g/mol. The molecule has 2 saturated heterocycles. The smallest absolute Gasteiger partial charge is 0.417 e. The molecule has 2 aliphatic rings. The van der Waals surface area contributed by atoms with E-state index in [4.69, 9.17) is 9.47 Å². The summed E-state index contributed by atoms with van der Waals surface area (Å²) in [5, 5.41) is 13.9. The number of alkyl halides is 3. The lowest BCUT2D eigenvalue weighted by atomic mass is 9.72. The summed E-state index contributed by atoms with van der Waals surface area (Å²) >= 11 is 0. The minimum Gasteiger partial charge on any atom is -0.481 e. The maximum Gasteiger partial charge on any atom is 0.417 e. The SMILES string of the molecule is COc1ncc(C(F)(F)F)cc1CN[C@H]1[C@H](C(C)(C)C)[C@@H](C(=O)O)N(C(=O)OC(C)C)[C@H]1c1cccnc1N1CCC1. The Kier molecular flexibility index (Phi) is 8.91. The molecule has 4 rings (SSSR count). The zero-order chi connectivity index (χ0) is 31.0. The summed E-state index contributed by atoms with van der Waals surface area (Å²) in [5.74, 6) is -1.27. The van der Waals surface area contributed by atoms with Crippen LogP contribution < -0.4 is 15.0 Å². The van der Waals surface area contributed by atoms with Gasteiger partial charge in [0.2, 0.25) is 5.88 Å². The third-order valence-electron chi connectivity index (χ3n) is 7.73. The maximum atomic E-state index is 13.7. The molecule has 0 unspecified atom stereocenters. The lowest BCUT2D eigenvalue weighted by Crippen LogP contribution is -2.48. The molecular formula is C29H38F3N5O5. The molecule has 10 nitrogen and oxygen atoms in total. The van der Waals surface area contributed by atoms with Crippen molar-refractivity contribution in [2.45, 2.75) is 78.0 Å². The van der Waals surface area contributed by atoms with E-state index in [-0.39, 0.29) is 18.0 Å². The largest absolute Gasteiger partial charge is 0.481 e. The maximum absolute atomic E-state index is 13.7. The lowest BCUT2D eigenvalue weighted by Gasteiger charge is -2.38. The van der Waals surface area contributed by atoms with Gasteiger partial charge in [-0.2, -0.15) is 13.2 Å². The van der Waals surface area contributed by atoms with E-state index in [1.807, 2.05) is 26.8 Å². The monoisotopic (exact) mass is 593 g/mol. The van der Waals surface area contributed by atoms with Crippen LogP contribution in [0.3, 0.4) is 0 Å². The van der Waals surface area contributed by atoms with Gasteiger partial charge in [-0.3, -0.25) is 4.90 Å². The summed E-state index contributed by atoms with van der Waals surface area (Å²) in [4.78, 5) is 38.4. The van der Waals surface area contributed by atoms with E-state index in [9.17, 15) is 27.9 Å². The van der Waals surface area contributed by atoms with Crippen molar-refractivity contribution in [3.05, 3.63) is 47.3 Å². The van der Waals surface area contributed by atoms with Crippen molar-refractivity contribution < 1.29 is 37.3 Å². The number of ether oxygens (including phenoxy) is 2. The molecule has 0 spiro atoms. The summed E-state index contributed by atoms with van der Waals surface area (Å²) in [5.41, 5.74) is -0.833. The van der Waals surface area contributed by atoms with Gasteiger partial charge in [0, 0.05) is 55.1 Å². The molecule has 0 aromatic carbocycles. The molecule has 0 bridgehead atoms. The van der Waals surface area contributed by atoms with Gasteiger partial charge in [-0.05, 0) is 37.8 Å². The molecule has 2 fully saturated rings. The van der Waals surface area contributed by atoms with Crippen molar-refractivity contribution in [3.63, 3.8) is 0 Å². The average Bonchev–Trinajstić information content (AvgIpc) is 3.22. The van der Waals surface area contributed by atoms with Gasteiger partial charge in [-0.25, -0.2) is 19.6 Å². The highest BCUT2D eigenvalue weighted by atomic mass is 19.4. The molecule has 13 heteroatoms. The van der Waals surface area contributed by atoms with Gasteiger partial charge in [0.1, 0.15) is 11.9 Å². The standard InChI is InChI=1S/C29H38F3N5O5/c1-16(2)42-27(40)37-22(19-9-7-10-33-24(19)36-11-8-12-36)21(20(28(3,4)5)23(37)26(38)39)34-14-17-13-18(29(30,31)32)15-35-25(17)41-6/h7,9-10,13,15-16,20-23,34H,8,11-12,14H2,1-6H3,(H,38,39)/t20-,21-,22-,23-/m0/s1. The normalized spacial score (nSPS) is 22.7. The summed E-state index contributed by atoms with van der Waals surface area (Å²) in [6.45, 7) is 10.4. The number of halogens is 3. The van der Waals surface area contributed by atoms with Gasteiger partial charge >= 0.3 is 18.2 Å². The highest BCUT2D eigenvalue weighted by molar-refractivity contribution is 5.82. The predicted molar refractivity (Wildman–Crippen MR) is 148 cm³/mol. The van der Waals surface area contributed by atoms with Crippen LogP contribution >= 0.6 is 0 Å². The van der Waals surface area contributed by atoms with Gasteiger partial charge in [0.15, 0.2) is 0 Å². The summed E-state index contributed by atoms with van der Waals surface area (Å²) < 4.78 is 51.5. The molecule has 4 heterocycles. The first-order valence-corrected chi connectivity index (χ1v) is 13.9. The fraction of sp³-hybridized carbons (Fsp3) is 0.586. The molecule has 2 aromatic rings. The zero-order valence-electron chi connectivity index (χ0n) is 24.6. The molecule has 2 aromatic heterocycles. The number of pyridine rings is 2. The number of methoxy groups -OCH3 is 1. The first-order chi connectivity index (χ1) is 19.6. The molecule has 2 aliphatic heterocycles. The van der Waals surface area contributed by atoms with Gasteiger partial charge in [-0.15, -0.1) is 0 Å². The van der Waals surface area contributed by atoms with Crippen molar-refractivity contribution in [3.8, 4) is 5.88 Å². The number of anilines is 1. The van der Waals surface area contributed by atoms with Gasteiger partial charge < -0.3 is 24.8 Å². The number of hydrogen-bond acceptors (Lipinski definition) is 8. The summed E-state index contributed by atoms with van der Waals surface area (Å²) in [6.07, 6.45) is -2.62. The Morgan fingerprint density at radius 3 is 2.40 bits per heavy atom. The Bertz CT molecular complexity index is 1300. The number of carboxylic acid groups (broad SMARTS) is 1. The zero-order valence-corrected chi connectivity index (χ0v) is 24.6. The van der Waals surface area contributed by atoms with Gasteiger partial charge in [0.25, 0.3) is 0 Å². The number of carbonyl (C=O) groups is 2. The van der Waals surface area contributed by atoms with Crippen LogP contribution in [0.2, 0.25) is 0 Å². The summed E-state index contributed by atoms with van der Waals surface area (Å²) in [7, 11) is 1.31. The van der Waals surface area contributed by atoms with Crippen LogP contribution in [0.5, 0.6) is 5.88 Å². The fourth-order valence-electron chi connectivity index (χ4n) is 5.89. The van der Waals surface area contributed by atoms with Crippen molar-refractivity contribution >= 4 is 17.9 Å². The number of rotatable bonds is 8. The lowest BCUT2D eigenvalue weighted by molar-refractivity contribution is -0.145. The second kappa shape index (κ2) is 11.9. The number of nitrogens with zero attached hydrogens (tertiary/aromatic N) is 4. The second-order valence-electron chi connectivity index (χ2n) is 12.0. The fourth-order valence-corrected chi connectivity index (χ4v) is 5.89. The van der Waals surface area contributed by atoms with Crippen LogP contribution in [0.15, 0.2) is 30.6 Å². The number of likely N-dealkylation sites (tertiary alicyclic amines) is 1. The number of carboxylic acids is 1. The van der Waals surface area contributed by atoms with Crippen molar-refractivity contribution in [2.24, 2.45) is 11.3 Å². The van der Waals surface area contributed by atoms with Gasteiger partial charge in [-0.1, -0.05) is 26.8 Å². The molecule has 4 atom stereocenters. The Morgan fingerprint density at radius 2 is 1.88 bits per heavy atom. The number of amides is 1. The first kappa shape index (κ1) is 31.3. The number of aliphatic carboxylic acids is 1. The number of nitrogens with one attached hydrogen (secondary N) is 1. The molecule has 0 aliphatic carbocycles. The van der Waals surface area contributed by atoms with Gasteiger partial charge in [0.05, 0.1) is 24.8 Å². The van der Waals surface area contributed by atoms with E-state index in [1.54, 1.807) is 26.1 Å². The Balaban J connectivity index is 1.87. The Hall–Kier alpha value is -3.61. The molecule has 1 amide bonds. The third-order valence-corrected chi connectivity index (χ3v) is 7.73. The van der Waals surface area contributed by atoms with E-state index in [0.29, 0.717) is 17.6 Å². The Labute approximate surface area is 243 Å². The topological polar surface area (TPSA) is 117 Å². The molecule has 42 heavy (non-hydrogen) atoms. The molecule has 2 N–H and O–H groups in total. The number of carbonyl (C=O) groups excluding carboxylic acids is 1. The van der Waals surface area contributed by atoms with Crippen LogP contribution in [0.4, 0.5) is 23.8 Å². The van der Waals surface area contributed by atoms with E-state index in [0.717, 1.165) is 25.6 Å². The van der Waals surface area contributed by atoms with Crippen LogP contribution in [0, 0.1) is 11.3 Å². The minimum atomic E-state index is -4.62. The van der Waals surface area contributed by atoms with E-state index in [2.05, 4.69) is 20.2 Å². The van der Waals surface area contributed by atoms with E-state index in [1.165, 1.54) is 12.0 Å². The van der Waals surface area contributed by atoms with Crippen molar-refractivity contribution in [1.29, 1.82) is 0 Å². The van der Waals surface area contributed by atoms with Crippen LogP contribution in [-0.2, 0) is 22.3 Å². The quantitative estimate of drug-likeness (QED) is 0.441. The van der Waals surface area contributed by atoms with Crippen LogP contribution in [0.25, 0.3) is 0 Å². The number of aromatic nitrogens is 2. The molecule has 230 valence electrons. The minimum absolute atomic E-state index is 0.00543. The highest BCUT2D eigenvalue weighted by Gasteiger charge is 2.59. The van der Waals surface area contributed by atoms with Crippen molar-refractivity contribution in [2.75, 3.05) is 25.1 Å². The molecule has 0 saturated carbocycles. The number of hydrogen-bond donors (Lipinski definition) is 2. The second-order valence-corrected chi connectivity index (χ2v) is 12.0.